The van der Waals surface area contributed by atoms with Crippen molar-refractivity contribution < 1.29 is 13.9 Å². The predicted molar refractivity (Wildman–Crippen MR) is 122 cm³/mol. The van der Waals surface area contributed by atoms with Crippen LogP contribution in [0.1, 0.15) is 12.1 Å². The molecular weight excluding hydrogens is 406 g/mol. The van der Waals surface area contributed by atoms with Gasteiger partial charge in [0.1, 0.15) is 6.26 Å². The average molecular weight is 434 g/mol. The van der Waals surface area contributed by atoms with Crippen LogP contribution in [-0.4, -0.2) is 66.7 Å². The van der Waals surface area contributed by atoms with Crippen molar-refractivity contribution in [2.24, 2.45) is 0 Å². The molecule has 0 saturated carbocycles. The topological polar surface area (TPSA) is 74.9 Å². The van der Waals surface area contributed by atoms with Crippen molar-refractivity contribution in [2.75, 3.05) is 49.6 Å². The monoisotopic (exact) mass is 433 g/mol. The van der Waals surface area contributed by atoms with E-state index in [9.17, 15) is 4.79 Å². The number of hydrogen-bond donors (Lipinski definition) is 0. The number of oxazole rings is 1. The number of ether oxygens (including phenoxy) is 1. The van der Waals surface area contributed by atoms with Crippen molar-refractivity contribution in [2.45, 2.75) is 19.4 Å². The molecule has 2 aliphatic rings. The van der Waals surface area contributed by atoms with Gasteiger partial charge >= 0.3 is 0 Å². The van der Waals surface area contributed by atoms with Crippen LogP contribution in [-0.2, 0) is 4.79 Å². The van der Waals surface area contributed by atoms with E-state index in [2.05, 4.69) is 26.8 Å². The molecule has 2 fully saturated rings. The Morgan fingerprint density at radius 2 is 1.84 bits per heavy atom. The molecule has 1 unspecified atom stereocenters. The minimum Gasteiger partial charge on any atom is -0.477 e. The van der Waals surface area contributed by atoms with Gasteiger partial charge in [0.15, 0.2) is 17.7 Å². The maximum atomic E-state index is 13.1. The Morgan fingerprint density at radius 3 is 2.56 bits per heavy atom. The number of carbonyl (C=O) groups is 1. The van der Waals surface area contributed by atoms with Crippen LogP contribution >= 0.6 is 0 Å². The molecule has 0 aliphatic carbocycles. The van der Waals surface area contributed by atoms with E-state index in [0.717, 1.165) is 48.9 Å². The molecule has 166 valence electrons. The number of amides is 1. The number of rotatable bonds is 5. The number of piperazine rings is 1. The van der Waals surface area contributed by atoms with E-state index < -0.39 is 6.10 Å². The van der Waals surface area contributed by atoms with Crippen LogP contribution in [0.4, 0.5) is 11.5 Å². The van der Waals surface area contributed by atoms with Gasteiger partial charge in [-0.1, -0.05) is 0 Å². The summed E-state index contributed by atoms with van der Waals surface area (Å²) in [6.45, 7) is 6.26. The lowest BCUT2D eigenvalue weighted by atomic mass is 10.2. The second-order valence-electron chi connectivity index (χ2n) is 8.34. The number of anilines is 2. The maximum Gasteiger partial charge on any atom is 0.268 e. The highest BCUT2D eigenvalue weighted by atomic mass is 16.5. The molecule has 8 nitrogen and oxygen atoms in total. The standard InChI is InChI=1S/C24H27N5O3/c1-17-16-31-23(26-17)18-5-7-19(8-6-18)29-11-9-21(24(29)30)32-20-4-3-10-25-22(20)28-14-12-27(2)13-15-28/h3-8,10,16,21H,9,11-15H2,1-2H3. The fourth-order valence-corrected chi connectivity index (χ4v) is 4.17. The van der Waals surface area contributed by atoms with Gasteiger partial charge in [0, 0.05) is 56.6 Å². The molecule has 3 aromatic rings. The van der Waals surface area contributed by atoms with Crippen LogP contribution in [0.3, 0.4) is 0 Å². The molecule has 0 radical (unpaired) electrons. The van der Waals surface area contributed by atoms with Gasteiger partial charge in [0.05, 0.1) is 5.69 Å². The third kappa shape index (κ3) is 4.05. The van der Waals surface area contributed by atoms with E-state index in [1.807, 2.05) is 43.3 Å². The largest absolute Gasteiger partial charge is 0.477 e. The molecule has 0 spiro atoms. The summed E-state index contributed by atoms with van der Waals surface area (Å²) in [6.07, 6.45) is 3.53. The number of likely N-dealkylation sites (N-methyl/N-ethyl adjacent to an activating group) is 1. The normalized spacial score (nSPS) is 19.6. The predicted octanol–water partition coefficient (Wildman–Crippen LogP) is 2.98. The molecule has 5 rings (SSSR count). The Labute approximate surface area is 187 Å². The van der Waals surface area contributed by atoms with Crippen molar-refractivity contribution in [3.8, 4) is 17.2 Å². The highest BCUT2D eigenvalue weighted by molar-refractivity contribution is 5.99. The van der Waals surface area contributed by atoms with Crippen LogP contribution in [0.15, 0.2) is 53.3 Å². The van der Waals surface area contributed by atoms with Crippen LogP contribution in [0, 0.1) is 6.92 Å². The molecule has 1 amide bonds. The van der Waals surface area contributed by atoms with E-state index >= 15 is 0 Å². The Kier molecular flexibility index (Phi) is 5.53. The van der Waals surface area contributed by atoms with E-state index in [1.165, 1.54) is 0 Å². The average Bonchev–Trinajstić information content (AvgIpc) is 3.41. The number of hydrogen-bond acceptors (Lipinski definition) is 7. The molecule has 0 N–H and O–H groups in total. The van der Waals surface area contributed by atoms with Gasteiger partial charge < -0.3 is 23.9 Å². The Morgan fingerprint density at radius 1 is 1.06 bits per heavy atom. The van der Waals surface area contributed by atoms with Gasteiger partial charge in [-0.25, -0.2) is 9.97 Å². The first kappa shape index (κ1) is 20.5. The quantitative estimate of drug-likeness (QED) is 0.612. The summed E-state index contributed by atoms with van der Waals surface area (Å²) < 4.78 is 11.7. The summed E-state index contributed by atoms with van der Waals surface area (Å²) in [4.78, 5) is 28.3. The number of aryl methyl sites for hydroxylation is 1. The molecule has 2 aromatic heterocycles. The molecular formula is C24H27N5O3. The lowest BCUT2D eigenvalue weighted by Crippen LogP contribution is -2.45. The van der Waals surface area contributed by atoms with E-state index in [-0.39, 0.29) is 5.91 Å². The maximum absolute atomic E-state index is 13.1. The second kappa shape index (κ2) is 8.63. The lowest BCUT2D eigenvalue weighted by Gasteiger charge is -2.34. The molecule has 1 aromatic carbocycles. The Balaban J connectivity index is 1.28. The molecule has 32 heavy (non-hydrogen) atoms. The summed E-state index contributed by atoms with van der Waals surface area (Å²) >= 11 is 0. The molecule has 8 heteroatoms. The van der Waals surface area contributed by atoms with Gasteiger partial charge in [-0.05, 0) is 50.4 Å². The number of aromatic nitrogens is 2. The summed E-state index contributed by atoms with van der Waals surface area (Å²) in [5.41, 5.74) is 2.57. The second-order valence-corrected chi connectivity index (χ2v) is 8.34. The molecule has 1 atom stereocenters. The summed E-state index contributed by atoms with van der Waals surface area (Å²) in [5.74, 6) is 2.04. The Hall–Kier alpha value is -3.39. The third-order valence-electron chi connectivity index (χ3n) is 6.02. The van der Waals surface area contributed by atoms with Crippen molar-refractivity contribution >= 4 is 17.4 Å². The number of benzene rings is 1. The first-order chi connectivity index (χ1) is 15.6. The summed E-state index contributed by atoms with van der Waals surface area (Å²) in [6, 6.07) is 11.5. The zero-order valence-corrected chi connectivity index (χ0v) is 18.4. The Bertz CT molecular complexity index is 1090. The minimum atomic E-state index is -0.514. The zero-order chi connectivity index (χ0) is 22.1. The van der Waals surface area contributed by atoms with Crippen molar-refractivity contribution in [3.05, 3.63) is 54.6 Å². The summed E-state index contributed by atoms with van der Waals surface area (Å²) in [5, 5.41) is 0. The zero-order valence-electron chi connectivity index (χ0n) is 18.4. The number of pyridine rings is 1. The van der Waals surface area contributed by atoms with Crippen LogP contribution < -0.4 is 14.5 Å². The van der Waals surface area contributed by atoms with E-state index in [1.54, 1.807) is 17.4 Å². The van der Waals surface area contributed by atoms with Gasteiger partial charge in [-0.2, -0.15) is 0 Å². The SMILES string of the molecule is Cc1coc(-c2ccc(N3CCC(Oc4cccnc4N4CCN(C)CC4)C3=O)cc2)n1. The number of nitrogens with zero attached hydrogens (tertiary/aromatic N) is 5. The van der Waals surface area contributed by atoms with Crippen molar-refractivity contribution in [3.63, 3.8) is 0 Å². The van der Waals surface area contributed by atoms with Gasteiger partial charge in [-0.3, -0.25) is 4.79 Å². The highest BCUT2D eigenvalue weighted by Crippen LogP contribution is 2.31. The molecule has 2 saturated heterocycles. The smallest absolute Gasteiger partial charge is 0.268 e. The summed E-state index contributed by atoms with van der Waals surface area (Å²) in [7, 11) is 2.12. The lowest BCUT2D eigenvalue weighted by molar-refractivity contribution is -0.122. The van der Waals surface area contributed by atoms with Crippen LogP contribution in [0.5, 0.6) is 5.75 Å². The minimum absolute atomic E-state index is 0.0297. The fraction of sp³-hybridized carbons (Fsp3) is 0.375. The van der Waals surface area contributed by atoms with Gasteiger partial charge in [-0.15, -0.1) is 0 Å². The van der Waals surface area contributed by atoms with Gasteiger partial charge in [0.2, 0.25) is 5.89 Å². The van der Waals surface area contributed by atoms with Crippen molar-refractivity contribution in [1.82, 2.24) is 14.9 Å². The van der Waals surface area contributed by atoms with E-state index in [4.69, 9.17) is 9.15 Å². The van der Waals surface area contributed by atoms with Crippen LogP contribution in [0.2, 0.25) is 0 Å². The molecule has 2 aliphatic heterocycles. The third-order valence-corrected chi connectivity index (χ3v) is 6.02. The molecule has 4 heterocycles. The van der Waals surface area contributed by atoms with E-state index in [0.29, 0.717) is 24.6 Å². The van der Waals surface area contributed by atoms with Crippen molar-refractivity contribution in [1.29, 1.82) is 0 Å². The van der Waals surface area contributed by atoms with Crippen LogP contribution in [0.25, 0.3) is 11.5 Å². The first-order valence-corrected chi connectivity index (χ1v) is 11.0. The number of carbonyl (C=O) groups excluding carboxylic acids is 1. The first-order valence-electron chi connectivity index (χ1n) is 11.0. The molecule has 0 bridgehead atoms. The fourth-order valence-electron chi connectivity index (χ4n) is 4.17. The highest BCUT2D eigenvalue weighted by Gasteiger charge is 2.35. The van der Waals surface area contributed by atoms with Gasteiger partial charge in [0.25, 0.3) is 5.91 Å².